The number of nitrogen functional groups attached to an aromatic ring is 1. The van der Waals surface area contributed by atoms with E-state index in [0.29, 0.717) is 5.56 Å². The number of nitrogens with two attached hydrogens (primary N) is 1. The van der Waals surface area contributed by atoms with E-state index in [1.54, 1.807) is 24.3 Å². The molecule has 27 heavy (non-hydrogen) atoms. The van der Waals surface area contributed by atoms with Crippen LogP contribution in [0.1, 0.15) is 10.4 Å². The number of nitrogens with one attached hydrogen (secondary N) is 3. The maximum atomic E-state index is 13.3. The molecule has 0 atom stereocenters. The second-order valence-corrected chi connectivity index (χ2v) is 6.24. The van der Waals surface area contributed by atoms with E-state index in [2.05, 4.69) is 42.1 Å². The molecular weight excluding hydrogens is 422 g/mol. The van der Waals surface area contributed by atoms with Crippen molar-refractivity contribution in [2.24, 2.45) is 0 Å². The molecule has 0 saturated heterocycles. The van der Waals surface area contributed by atoms with Crippen molar-refractivity contribution < 1.29 is 13.6 Å². The van der Waals surface area contributed by atoms with E-state index in [4.69, 9.17) is 5.73 Å². The molecule has 5 N–H and O–H groups in total. The molecule has 2 aromatic carbocycles. The van der Waals surface area contributed by atoms with Crippen LogP contribution in [0, 0.1) is 11.6 Å². The Hall–Kier alpha value is -3.27. The van der Waals surface area contributed by atoms with E-state index in [9.17, 15) is 13.6 Å². The van der Waals surface area contributed by atoms with E-state index in [-0.39, 0.29) is 23.0 Å². The minimum Gasteiger partial charge on any atom is -0.393 e. The number of hydrogen-bond donors (Lipinski definition) is 4. The summed E-state index contributed by atoms with van der Waals surface area (Å²) in [6.07, 6.45) is 1.20. The Morgan fingerprint density at radius 3 is 2.41 bits per heavy atom. The predicted molar refractivity (Wildman–Crippen MR) is 101 cm³/mol. The van der Waals surface area contributed by atoms with Crippen LogP contribution in [0.25, 0.3) is 0 Å². The van der Waals surface area contributed by atoms with Gasteiger partial charge in [-0.05, 0) is 36.4 Å². The SMILES string of the molecule is Nc1c(NNC(=O)c2ccc(Br)cc2)ncnc1Nc1ccc(F)c(F)c1. The van der Waals surface area contributed by atoms with E-state index >= 15 is 0 Å². The van der Waals surface area contributed by atoms with E-state index in [1.807, 2.05) is 0 Å². The molecule has 0 bridgehead atoms. The maximum Gasteiger partial charge on any atom is 0.269 e. The molecule has 3 aromatic rings. The Labute approximate surface area is 161 Å². The molecule has 0 aliphatic rings. The van der Waals surface area contributed by atoms with Gasteiger partial charge in [-0.2, -0.15) is 0 Å². The van der Waals surface area contributed by atoms with Crippen molar-refractivity contribution in [1.29, 1.82) is 0 Å². The lowest BCUT2D eigenvalue weighted by Gasteiger charge is -2.13. The zero-order chi connectivity index (χ0) is 19.4. The molecule has 0 unspecified atom stereocenters. The first-order chi connectivity index (χ1) is 12.9. The fourth-order valence-corrected chi connectivity index (χ4v) is 2.36. The van der Waals surface area contributed by atoms with Gasteiger partial charge in [-0.1, -0.05) is 15.9 Å². The quantitative estimate of drug-likeness (QED) is 0.457. The summed E-state index contributed by atoms with van der Waals surface area (Å²) >= 11 is 3.29. The van der Waals surface area contributed by atoms with Crippen molar-refractivity contribution in [3.8, 4) is 0 Å². The normalized spacial score (nSPS) is 10.3. The second kappa shape index (κ2) is 7.96. The molecule has 138 valence electrons. The molecule has 0 radical (unpaired) electrons. The molecule has 10 heteroatoms. The van der Waals surface area contributed by atoms with Gasteiger partial charge in [-0.15, -0.1) is 0 Å². The van der Waals surface area contributed by atoms with Crippen molar-refractivity contribution in [3.05, 3.63) is 70.5 Å². The first-order valence-electron chi connectivity index (χ1n) is 7.58. The molecule has 1 amide bonds. The van der Waals surface area contributed by atoms with Gasteiger partial charge in [0.15, 0.2) is 23.3 Å². The maximum absolute atomic E-state index is 13.3. The molecule has 0 aliphatic heterocycles. The Balaban J connectivity index is 1.71. The predicted octanol–water partition coefficient (Wildman–Crippen LogP) is 3.60. The first kappa shape index (κ1) is 18.5. The number of nitrogens with zero attached hydrogens (tertiary/aromatic N) is 2. The summed E-state index contributed by atoms with van der Waals surface area (Å²) in [5.41, 5.74) is 11.8. The van der Waals surface area contributed by atoms with Gasteiger partial charge >= 0.3 is 0 Å². The van der Waals surface area contributed by atoms with E-state index < -0.39 is 17.5 Å². The molecule has 0 fully saturated rings. The molecule has 0 saturated carbocycles. The highest BCUT2D eigenvalue weighted by molar-refractivity contribution is 9.10. The third kappa shape index (κ3) is 4.47. The van der Waals surface area contributed by atoms with E-state index in [0.717, 1.165) is 16.6 Å². The highest BCUT2D eigenvalue weighted by Gasteiger charge is 2.11. The zero-order valence-electron chi connectivity index (χ0n) is 13.6. The van der Waals surface area contributed by atoms with Crippen LogP contribution < -0.4 is 21.9 Å². The van der Waals surface area contributed by atoms with Crippen LogP contribution in [0.4, 0.5) is 31.8 Å². The topological polar surface area (TPSA) is 105 Å². The minimum atomic E-state index is -1.01. The smallest absolute Gasteiger partial charge is 0.269 e. The number of benzene rings is 2. The van der Waals surface area contributed by atoms with Crippen LogP contribution in [0.5, 0.6) is 0 Å². The molecule has 1 heterocycles. The fourth-order valence-electron chi connectivity index (χ4n) is 2.09. The van der Waals surface area contributed by atoms with Crippen molar-refractivity contribution in [3.63, 3.8) is 0 Å². The summed E-state index contributed by atoms with van der Waals surface area (Å²) in [6, 6.07) is 10.0. The lowest BCUT2D eigenvalue weighted by Crippen LogP contribution is -2.30. The first-order valence-corrected chi connectivity index (χ1v) is 8.38. The molecule has 7 nitrogen and oxygen atoms in total. The molecule has 3 rings (SSSR count). The number of rotatable bonds is 5. The number of halogens is 3. The van der Waals surface area contributed by atoms with Crippen LogP contribution in [-0.4, -0.2) is 15.9 Å². The van der Waals surface area contributed by atoms with Gasteiger partial charge in [0.25, 0.3) is 5.91 Å². The Bertz CT molecular complexity index is 984. The van der Waals surface area contributed by atoms with Gasteiger partial charge < -0.3 is 11.1 Å². The monoisotopic (exact) mass is 434 g/mol. The van der Waals surface area contributed by atoms with E-state index in [1.165, 1.54) is 12.4 Å². The average molecular weight is 435 g/mol. The lowest BCUT2D eigenvalue weighted by molar-refractivity contribution is 0.0962. The van der Waals surface area contributed by atoms with Crippen molar-refractivity contribution >= 4 is 44.8 Å². The van der Waals surface area contributed by atoms with Gasteiger partial charge in [0.2, 0.25) is 0 Å². The summed E-state index contributed by atoms with van der Waals surface area (Å²) in [5, 5.41) is 2.77. The van der Waals surface area contributed by atoms with Gasteiger partial charge in [0.05, 0.1) is 0 Å². The summed E-state index contributed by atoms with van der Waals surface area (Å²) in [7, 11) is 0. The minimum absolute atomic E-state index is 0.0818. The number of carbonyl (C=O) groups excluding carboxylic acids is 1. The number of hydrogen-bond acceptors (Lipinski definition) is 6. The van der Waals surface area contributed by atoms with Crippen molar-refractivity contribution in [2.75, 3.05) is 16.5 Å². The largest absolute Gasteiger partial charge is 0.393 e. The summed E-state index contributed by atoms with van der Waals surface area (Å²) < 4.78 is 27.2. The fraction of sp³-hybridized carbons (Fsp3) is 0. The van der Waals surface area contributed by atoms with Crippen LogP contribution >= 0.6 is 15.9 Å². The number of anilines is 4. The average Bonchev–Trinajstić information content (AvgIpc) is 2.66. The zero-order valence-corrected chi connectivity index (χ0v) is 15.2. The molecular formula is C17H13BrF2N6O. The van der Waals surface area contributed by atoms with Crippen LogP contribution in [0.3, 0.4) is 0 Å². The highest BCUT2D eigenvalue weighted by Crippen LogP contribution is 2.26. The number of hydrazine groups is 1. The van der Waals surface area contributed by atoms with Gasteiger partial charge in [-0.3, -0.25) is 15.6 Å². The number of aromatic nitrogens is 2. The van der Waals surface area contributed by atoms with Gasteiger partial charge in [0, 0.05) is 21.8 Å². The number of amides is 1. The Kier molecular flexibility index (Phi) is 5.46. The van der Waals surface area contributed by atoms with Crippen LogP contribution in [0.2, 0.25) is 0 Å². The Morgan fingerprint density at radius 2 is 1.70 bits per heavy atom. The summed E-state index contributed by atoms with van der Waals surface area (Å²) in [4.78, 5) is 20.0. The highest BCUT2D eigenvalue weighted by atomic mass is 79.9. The third-order valence-electron chi connectivity index (χ3n) is 3.47. The second-order valence-electron chi connectivity index (χ2n) is 5.32. The van der Waals surface area contributed by atoms with Crippen molar-refractivity contribution in [2.45, 2.75) is 0 Å². The van der Waals surface area contributed by atoms with Crippen LogP contribution in [-0.2, 0) is 0 Å². The van der Waals surface area contributed by atoms with Crippen molar-refractivity contribution in [1.82, 2.24) is 15.4 Å². The lowest BCUT2D eigenvalue weighted by atomic mass is 10.2. The number of carbonyl (C=O) groups is 1. The van der Waals surface area contributed by atoms with Crippen LogP contribution in [0.15, 0.2) is 53.3 Å². The Morgan fingerprint density at radius 1 is 1.00 bits per heavy atom. The molecule has 1 aromatic heterocycles. The molecule has 0 spiro atoms. The van der Waals surface area contributed by atoms with Gasteiger partial charge in [-0.25, -0.2) is 18.7 Å². The summed E-state index contributed by atoms with van der Waals surface area (Å²) in [6.45, 7) is 0. The van der Waals surface area contributed by atoms with Gasteiger partial charge in [0.1, 0.15) is 12.0 Å². The molecule has 0 aliphatic carbocycles. The third-order valence-corrected chi connectivity index (χ3v) is 4.00. The summed E-state index contributed by atoms with van der Waals surface area (Å²) in [5.74, 6) is -2.06. The standard InChI is InChI=1S/C17H13BrF2N6O/c18-10-3-1-9(2-4-10)17(27)26-25-16-14(21)15(22-8-23-16)24-11-5-6-12(19)13(20)7-11/h1-8H,21H2,(H,26,27)(H2,22,23,24,25).